The molecule has 0 aromatic heterocycles. The monoisotopic (exact) mass is 480 g/mol. The lowest BCUT2D eigenvalue weighted by Gasteiger charge is -2.36. The van der Waals surface area contributed by atoms with E-state index < -0.39 is 16.1 Å². The summed E-state index contributed by atoms with van der Waals surface area (Å²) in [6, 6.07) is 14.6. The average molecular weight is 481 g/mol. The van der Waals surface area contributed by atoms with Crippen molar-refractivity contribution in [1.82, 2.24) is 9.62 Å². The molecule has 7 heteroatoms. The second-order valence-corrected chi connectivity index (χ2v) is 10.8. The molecule has 0 unspecified atom stereocenters. The van der Waals surface area contributed by atoms with Gasteiger partial charge in [-0.25, -0.2) is 12.8 Å². The third-order valence-corrected chi connectivity index (χ3v) is 8.88. The highest BCUT2D eigenvalue weighted by Crippen LogP contribution is 2.34. The molecule has 1 aliphatic rings. The van der Waals surface area contributed by atoms with E-state index in [0.29, 0.717) is 11.1 Å². The van der Waals surface area contributed by atoms with Gasteiger partial charge in [0.05, 0.1) is 4.90 Å². The fourth-order valence-electron chi connectivity index (χ4n) is 4.57. The van der Waals surface area contributed by atoms with Crippen LogP contribution in [0.2, 0.25) is 0 Å². The number of nitrogens with zero attached hydrogens (tertiary/aromatic N) is 1. The quantitative estimate of drug-likeness (QED) is 0.585. The molecule has 5 nitrogen and oxygen atoms in total. The molecule has 0 saturated heterocycles. The van der Waals surface area contributed by atoms with Crippen LogP contribution in [0.1, 0.15) is 38.9 Å². The van der Waals surface area contributed by atoms with Crippen molar-refractivity contribution in [2.75, 3.05) is 0 Å². The summed E-state index contributed by atoms with van der Waals surface area (Å²) in [5.74, 6) is -0.725. The minimum absolute atomic E-state index is 0.124. The Bertz CT molecular complexity index is 1320. The lowest BCUT2D eigenvalue weighted by Crippen LogP contribution is -2.52. The van der Waals surface area contributed by atoms with Gasteiger partial charge in [-0.1, -0.05) is 42.5 Å². The minimum Gasteiger partial charge on any atom is -0.351 e. The van der Waals surface area contributed by atoms with Crippen LogP contribution in [0.5, 0.6) is 0 Å². The van der Waals surface area contributed by atoms with Crippen LogP contribution >= 0.6 is 0 Å². The van der Waals surface area contributed by atoms with E-state index in [2.05, 4.69) is 5.32 Å². The minimum atomic E-state index is -3.97. The number of carbonyl (C=O) groups is 1. The van der Waals surface area contributed by atoms with E-state index in [1.54, 1.807) is 12.1 Å². The van der Waals surface area contributed by atoms with Crippen LogP contribution in [0, 0.1) is 33.5 Å². The molecule has 4 rings (SSSR count). The van der Waals surface area contributed by atoms with E-state index in [0.717, 1.165) is 27.8 Å². The van der Waals surface area contributed by atoms with Gasteiger partial charge in [0.2, 0.25) is 15.9 Å². The summed E-state index contributed by atoms with van der Waals surface area (Å²) < 4.78 is 42.7. The summed E-state index contributed by atoms with van der Waals surface area (Å²) in [5, 5.41) is 2.86. The summed E-state index contributed by atoms with van der Waals surface area (Å²) in [6.45, 7) is 7.75. The maximum atomic E-state index is 14.1. The summed E-state index contributed by atoms with van der Waals surface area (Å²) in [6.07, 6.45) is 0.285. The van der Waals surface area contributed by atoms with Gasteiger partial charge in [0.1, 0.15) is 11.9 Å². The Kier molecular flexibility index (Phi) is 6.60. The number of carbonyl (C=O) groups excluding carboxylic acids is 1. The maximum absolute atomic E-state index is 14.1. The molecule has 3 aromatic carbocycles. The van der Waals surface area contributed by atoms with Crippen LogP contribution < -0.4 is 5.32 Å². The molecule has 3 aromatic rings. The highest BCUT2D eigenvalue weighted by Gasteiger charge is 2.41. The predicted octanol–water partition coefficient (Wildman–Crippen LogP) is 4.49. The molecule has 0 aliphatic carbocycles. The zero-order chi connectivity index (χ0) is 24.6. The third-order valence-electron chi connectivity index (χ3n) is 6.75. The van der Waals surface area contributed by atoms with Crippen molar-refractivity contribution in [2.45, 2.75) is 58.1 Å². The van der Waals surface area contributed by atoms with Crippen molar-refractivity contribution < 1.29 is 17.6 Å². The van der Waals surface area contributed by atoms with Gasteiger partial charge in [0.25, 0.3) is 0 Å². The van der Waals surface area contributed by atoms with Crippen molar-refractivity contribution in [2.24, 2.45) is 0 Å². The number of hydrogen-bond acceptors (Lipinski definition) is 3. The maximum Gasteiger partial charge on any atom is 0.244 e. The van der Waals surface area contributed by atoms with Gasteiger partial charge in [-0.3, -0.25) is 4.79 Å². The number of rotatable bonds is 5. The molecule has 1 amide bonds. The number of halogens is 1. The van der Waals surface area contributed by atoms with Crippen molar-refractivity contribution in [3.8, 4) is 0 Å². The van der Waals surface area contributed by atoms with Crippen molar-refractivity contribution in [3.05, 3.63) is 99.4 Å². The molecule has 0 bridgehead atoms. The lowest BCUT2D eigenvalue weighted by atomic mass is 9.95. The molecule has 0 spiro atoms. The molecule has 0 saturated carbocycles. The first kappa shape index (κ1) is 24.1. The first-order valence-corrected chi connectivity index (χ1v) is 12.7. The molecule has 34 heavy (non-hydrogen) atoms. The van der Waals surface area contributed by atoms with Gasteiger partial charge in [-0.2, -0.15) is 4.31 Å². The second-order valence-electron chi connectivity index (χ2n) is 8.97. The third kappa shape index (κ3) is 4.50. The highest BCUT2D eigenvalue weighted by molar-refractivity contribution is 7.89. The van der Waals surface area contributed by atoms with Crippen LogP contribution in [0.15, 0.2) is 59.5 Å². The Labute approximate surface area is 200 Å². The number of sulfonamides is 1. The van der Waals surface area contributed by atoms with E-state index in [1.165, 1.54) is 16.4 Å². The number of aryl methyl sites for hydroxylation is 2. The van der Waals surface area contributed by atoms with Crippen molar-refractivity contribution in [1.29, 1.82) is 0 Å². The number of fused-ring (bicyclic) bond motifs is 1. The van der Waals surface area contributed by atoms with Gasteiger partial charge in [-0.05, 0) is 85.2 Å². The van der Waals surface area contributed by atoms with E-state index >= 15 is 0 Å². The first-order valence-electron chi connectivity index (χ1n) is 11.3. The molecular formula is C27H29FN2O3S. The normalized spacial score (nSPS) is 16.2. The fourth-order valence-corrected chi connectivity index (χ4v) is 6.71. The highest BCUT2D eigenvalue weighted by atomic mass is 32.2. The molecule has 1 aliphatic heterocycles. The molecule has 1 heterocycles. The Balaban J connectivity index is 1.72. The Morgan fingerprint density at radius 3 is 2.18 bits per heavy atom. The van der Waals surface area contributed by atoms with Crippen LogP contribution in [0.25, 0.3) is 0 Å². The van der Waals surface area contributed by atoms with Crippen LogP contribution in [0.3, 0.4) is 0 Å². The van der Waals surface area contributed by atoms with Crippen LogP contribution in [-0.2, 0) is 34.3 Å². The average Bonchev–Trinajstić information content (AvgIpc) is 2.81. The summed E-state index contributed by atoms with van der Waals surface area (Å²) in [7, 11) is -3.97. The predicted molar refractivity (Wildman–Crippen MR) is 130 cm³/mol. The largest absolute Gasteiger partial charge is 0.351 e. The summed E-state index contributed by atoms with van der Waals surface area (Å²) >= 11 is 0. The number of hydrogen-bond donors (Lipinski definition) is 1. The van der Waals surface area contributed by atoms with Gasteiger partial charge in [-0.15, -0.1) is 0 Å². The zero-order valence-corrected chi connectivity index (χ0v) is 20.7. The first-order chi connectivity index (χ1) is 16.1. The van der Waals surface area contributed by atoms with Crippen LogP contribution in [0.4, 0.5) is 4.39 Å². The molecule has 1 N–H and O–H groups in total. The Morgan fingerprint density at radius 2 is 1.56 bits per heavy atom. The van der Waals surface area contributed by atoms with E-state index in [9.17, 15) is 17.6 Å². The van der Waals surface area contributed by atoms with Gasteiger partial charge < -0.3 is 5.32 Å². The Morgan fingerprint density at radius 1 is 0.971 bits per heavy atom. The number of benzene rings is 3. The molecular weight excluding hydrogens is 451 g/mol. The van der Waals surface area contributed by atoms with Crippen LogP contribution in [-0.4, -0.2) is 24.7 Å². The molecule has 0 radical (unpaired) electrons. The standard InChI is InChI=1S/C27H29FN2O3S/c1-17-13-18(2)20(4)26(19(17)3)34(32,33)30-16-23-8-6-5-7-22(23)14-25(30)27(31)29-15-21-9-11-24(28)12-10-21/h5-13,25H,14-16H2,1-4H3,(H,29,31)/t25-/m1/s1. The van der Waals surface area contributed by atoms with E-state index in [1.807, 2.05) is 58.0 Å². The Hall–Kier alpha value is -3.03. The fraction of sp³-hybridized carbons (Fsp3) is 0.296. The number of amides is 1. The second kappa shape index (κ2) is 9.31. The smallest absolute Gasteiger partial charge is 0.244 e. The van der Waals surface area contributed by atoms with Gasteiger partial charge in [0.15, 0.2) is 0 Å². The van der Waals surface area contributed by atoms with Gasteiger partial charge in [0, 0.05) is 13.1 Å². The van der Waals surface area contributed by atoms with E-state index in [-0.39, 0.29) is 36.1 Å². The lowest BCUT2D eigenvalue weighted by molar-refractivity contribution is -0.125. The van der Waals surface area contributed by atoms with E-state index in [4.69, 9.17) is 0 Å². The van der Waals surface area contributed by atoms with Crippen molar-refractivity contribution in [3.63, 3.8) is 0 Å². The summed E-state index contributed by atoms with van der Waals surface area (Å²) in [4.78, 5) is 13.6. The SMILES string of the molecule is Cc1cc(C)c(C)c(S(=O)(=O)N2Cc3ccccc3C[C@@H]2C(=O)NCc2ccc(F)cc2)c1C. The molecule has 178 valence electrons. The molecule has 0 fully saturated rings. The number of nitrogens with one attached hydrogen (secondary N) is 1. The molecule has 1 atom stereocenters. The topological polar surface area (TPSA) is 66.5 Å². The summed E-state index contributed by atoms with van der Waals surface area (Å²) in [5.41, 5.74) is 5.80. The van der Waals surface area contributed by atoms with Crippen molar-refractivity contribution >= 4 is 15.9 Å². The van der Waals surface area contributed by atoms with Gasteiger partial charge >= 0.3 is 0 Å². The zero-order valence-electron chi connectivity index (χ0n) is 19.9.